The van der Waals surface area contributed by atoms with Crippen molar-refractivity contribution in [1.29, 1.82) is 0 Å². The monoisotopic (exact) mass is 433 g/mol. The summed E-state index contributed by atoms with van der Waals surface area (Å²) in [5.74, 6) is -0.329. The first-order valence-electron chi connectivity index (χ1n) is 9.91. The van der Waals surface area contributed by atoms with E-state index in [0.29, 0.717) is 49.1 Å². The number of ether oxygens (including phenoxy) is 3. The zero-order valence-corrected chi connectivity index (χ0v) is 18.3. The molecule has 0 bridgehead atoms. The summed E-state index contributed by atoms with van der Waals surface area (Å²) in [7, 11) is 1.59. The third kappa shape index (κ3) is 7.04. The van der Waals surface area contributed by atoms with Gasteiger partial charge < -0.3 is 19.5 Å². The highest BCUT2D eigenvalue weighted by Gasteiger charge is 2.16. The van der Waals surface area contributed by atoms with Crippen LogP contribution < -0.4 is 10.1 Å². The molecule has 0 aliphatic heterocycles. The normalized spacial score (nSPS) is 11.6. The van der Waals surface area contributed by atoms with Crippen molar-refractivity contribution in [2.24, 2.45) is 0 Å². The van der Waals surface area contributed by atoms with Crippen molar-refractivity contribution in [2.75, 3.05) is 33.5 Å². The molecule has 0 fully saturated rings. The number of halogens is 1. The maximum atomic E-state index is 12.6. The zero-order valence-electron chi connectivity index (χ0n) is 17.6. The number of carbonyl (C=O) groups excluding carboxylic acids is 2. The minimum Gasteiger partial charge on any atom is -0.490 e. The molecule has 6 nitrogen and oxygen atoms in total. The molecule has 0 spiro atoms. The van der Waals surface area contributed by atoms with Crippen molar-refractivity contribution in [1.82, 2.24) is 5.32 Å². The van der Waals surface area contributed by atoms with Gasteiger partial charge in [0, 0.05) is 18.7 Å². The van der Waals surface area contributed by atoms with Gasteiger partial charge in [-0.25, -0.2) is 0 Å². The van der Waals surface area contributed by atoms with Crippen molar-refractivity contribution in [3.05, 3.63) is 64.2 Å². The first kappa shape index (κ1) is 23.7. The van der Waals surface area contributed by atoms with E-state index in [4.69, 9.17) is 25.8 Å². The molecular weight excluding hydrogens is 406 g/mol. The minimum absolute atomic E-state index is 0.234. The largest absolute Gasteiger partial charge is 0.490 e. The van der Waals surface area contributed by atoms with Gasteiger partial charge in [0.2, 0.25) is 0 Å². The molecule has 2 aromatic rings. The Morgan fingerprint density at radius 1 is 1.10 bits per heavy atom. The molecule has 1 N–H and O–H groups in total. The lowest BCUT2D eigenvalue weighted by molar-refractivity contribution is -0.144. The van der Waals surface area contributed by atoms with Gasteiger partial charge in [0.05, 0.1) is 24.7 Å². The third-order valence-electron chi connectivity index (χ3n) is 4.55. The summed E-state index contributed by atoms with van der Waals surface area (Å²) in [5, 5.41) is 3.36. The molecule has 0 aromatic heterocycles. The molecule has 7 heteroatoms. The van der Waals surface area contributed by atoms with Crippen molar-refractivity contribution < 1.29 is 23.8 Å². The van der Waals surface area contributed by atoms with E-state index in [2.05, 4.69) is 5.32 Å². The molecule has 0 heterocycles. The van der Waals surface area contributed by atoms with E-state index in [0.717, 1.165) is 11.1 Å². The van der Waals surface area contributed by atoms with E-state index in [-0.39, 0.29) is 17.8 Å². The van der Waals surface area contributed by atoms with Gasteiger partial charge in [-0.3, -0.25) is 9.59 Å². The van der Waals surface area contributed by atoms with Crippen LogP contribution >= 0.6 is 11.6 Å². The van der Waals surface area contributed by atoms with Gasteiger partial charge >= 0.3 is 5.97 Å². The molecule has 30 heavy (non-hydrogen) atoms. The van der Waals surface area contributed by atoms with Crippen LogP contribution in [0.4, 0.5) is 0 Å². The van der Waals surface area contributed by atoms with Crippen molar-refractivity contribution in [3.8, 4) is 5.75 Å². The topological polar surface area (TPSA) is 73.9 Å². The molecule has 2 rings (SSSR count). The molecular formula is C23H28ClNO5. The predicted octanol–water partition coefficient (Wildman–Crippen LogP) is 4.00. The fourth-order valence-electron chi connectivity index (χ4n) is 2.83. The zero-order chi connectivity index (χ0) is 21.9. The second-order valence-corrected chi connectivity index (χ2v) is 7.14. The van der Waals surface area contributed by atoms with Gasteiger partial charge in [0.15, 0.2) is 0 Å². The van der Waals surface area contributed by atoms with Gasteiger partial charge in [-0.2, -0.15) is 0 Å². The van der Waals surface area contributed by atoms with Crippen LogP contribution in [0.5, 0.6) is 5.75 Å². The molecule has 0 aliphatic carbocycles. The van der Waals surface area contributed by atoms with Gasteiger partial charge in [-0.1, -0.05) is 35.9 Å². The smallest absolute Gasteiger partial charge is 0.313 e. The number of hydrogen-bond donors (Lipinski definition) is 1. The minimum atomic E-state index is -0.307. The standard InChI is InChI=1S/C23H28ClNO5/c1-4-29-23(27)16(2)18-7-5-17(6-8-18)11-12-25-22(26)20-15-19(24)9-10-21(20)30-14-13-28-3/h5-10,15-16H,4,11-14H2,1-3H3,(H,25,26). The second-order valence-electron chi connectivity index (χ2n) is 6.70. The van der Waals surface area contributed by atoms with Crippen LogP contribution in [0.15, 0.2) is 42.5 Å². The number of esters is 1. The number of carbonyl (C=O) groups is 2. The van der Waals surface area contributed by atoms with Crippen LogP contribution in [0, 0.1) is 0 Å². The molecule has 162 valence electrons. The first-order chi connectivity index (χ1) is 14.5. The highest BCUT2D eigenvalue weighted by atomic mass is 35.5. The van der Waals surface area contributed by atoms with E-state index in [1.54, 1.807) is 32.2 Å². The molecule has 1 unspecified atom stereocenters. The van der Waals surface area contributed by atoms with E-state index in [1.807, 2.05) is 31.2 Å². The molecule has 0 saturated heterocycles. The average Bonchev–Trinajstić information content (AvgIpc) is 2.75. The van der Waals surface area contributed by atoms with Crippen LogP contribution in [0.1, 0.15) is 41.3 Å². The maximum absolute atomic E-state index is 12.6. The fraction of sp³-hybridized carbons (Fsp3) is 0.391. The SMILES string of the molecule is CCOC(=O)C(C)c1ccc(CCNC(=O)c2cc(Cl)ccc2OCCOC)cc1. The van der Waals surface area contributed by atoms with E-state index in [9.17, 15) is 9.59 Å². The Kier molecular flexibility index (Phi) is 9.64. The maximum Gasteiger partial charge on any atom is 0.313 e. The summed E-state index contributed by atoms with van der Waals surface area (Å²) in [6, 6.07) is 12.7. The summed E-state index contributed by atoms with van der Waals surface area (Å²) < 4.78 is 15.6. The molecule has 0 saturated carbocycles. The quantitative estimate of drug-likeness (QED) is 0.428. The molecule has 1 atom stereocenters. The number of benzene rings is 2. The van der Waals surface area contributed by atoms with Gasteiger partial charge in [-0.15, -0.1) is 0 Å². The lowest BCUT2D eigenvalue weighted by Gasteiger charge is -2.13. The summed E-state index contributed by atoms with van der Waals surface area (Å²) in [6.45, 7) is 5.20. The lowest BCUT2D eigenvalue weighted by Crippen LogP contribution is -2.26. The second kappa shape index (κ2) is 12.2. The molecule has 2 aromatic carbocycles. The van der Waals surface area contributed by atoms with E-state index >= 15 is 0 Å². The highest BCUT2D eigenvalue weighted by Crippen LogP contribution is 2.23. The molecule has 1 amide bonds. The Labute approximate surface area is 182 Å². The van der Waals surface area contributed by atoms with Gasteiger partial charge in [-0.05, 0) is 49.6 Å². The van der Waals surface area contributed by atoms with Crippen LogP contribution in [0.3, 0.4) is 0 Å². The Bertz CT molecular complexity index is 838. The van der Waals surface area contributed by atoms with Crippen molar-refractivity contribution >= 4 is 23.5 Å². The first-order valence-corrected chi connectivity index (χ1v) is 10.3. The third-order valence-corrected chi connectivity index (χ3v) is 4.79. The van der Waals surface area contributed by atoms with Crippen LogP contribution in [0.25, 0.3) is 0 Å². The summed E-state index contributed by atoms with van der Waals surface area (Å²) in [5.41, 5.74) is 2.34. The van der Waals surface area contributed by atoms with Crippen LogP contribution in [-0.4, -0.2) is 45.4 Å². The Balaban J connectivity index is 1.91. The van der Waals surface area contributed by atoms with E-state index in [1.165, 1.54) is 0 Å². The summed E-state index contributed by atoms with van der Waals surface area (Å²) in [6.07, 6.45) is 0.653. The van der Waals surface area contributed by atoms with Crippen LogP contribution in [-0.2, 0) is 20.7 Å². The predicted molar refractivity (Wildman–Crippen MR) is 116 cm³/mol. The van der Waals surface area contributed by atoms with Crippen LogP contribution in [0.2, 0.25) is 5.02 Å². The number of rotatable bonds is 11. The van der Waals surface area contributed by atoms with Gasteiger partial charge in [0.1, 0.15) is 12.4 Å². The lowest BCUT2D eigenvalue weighted by atomic mass is 9.99. The highest BCUT2D eigenvalue weighted by molar-refractivity contribution is 6.31. The average molecular weight is 434 g/mol. The number of amides is 1. The number of hydrogen-bond acceptors (Lipinski definition) is 5. The Morgan fingerprint density at radius 3 is 2.50 bits per heavy atom. The Hall–Kier alpha value is -2.57. The Morgan fingerprint density at radius 2 is 1.83 bits per heavy atom. The van der Waals surface area contributed by atoms with Crippen molar-refractivity contribution in [2.45, 2.75) is 26.2 Å². The summed E-state index contributed by atoms with van der Waals surface area (Å²) in [4.78, 5) is 24.4. The summed E-state index contributed by atoms with van der Waals surface area (Å²) >= 11 is 6.04. The number of nitrogens with one attached hydrogen (secondary N) is 1. The molecule has 0 radical (unpaired) electrons. The van der Waals surface area contributed by atoms with Gasteiger partial charge in [0.25, 0.3) is 5.91 Å². The van der Waals surface area contributed by atoms with Crippen molar-refractivity contribution in [3.63, 3.8) is 0 Å². The molecule has 0 aliphatic rings. The number of methoxy groups -OCH3 is 1. The fourth-order valence-corrected chi connectivity index (χ4v) is 3.00. The van der Waals surface area contributed by atoms with E-state index < -0.39 is 0 Å².